The summed E-state index contributed by atoms with van der Waals surface area (Å²) in [7, 11) is 1.54. The summed E-state index contributed by atoms with van der Waals surface area (Å²) in [5.74, 6) is -1.22. The molecule has 1 aliphatic heterocycles. The number of hydrogen-bond donors (Lipinski definition) is 1. The van der Waals surface area contributed by atoms with Gasteiger partial charge in [-0.3, -0.25) is 4.79 Å². The van der Waals surface area contributed by atoms with Crippen molar-refractivity contribution in [3.8, 4) is 5.75 Å². The molecule has 0 bridgehead atoms. The molecule has 1 N–H and O–H groups in total. The van der Waals surface area contributed by atoms with Crippen LogP contribution in [0.25, 0.3) is 0 Å². The van der Waals surface area contributed by atoms with Crippen molar-refractivity contribution < 1.29 is 24.2 Å². The highest BCUT2D eigenvalue weighted by atomic mass is 16.6. The molecular weight excluding hydrogens is 236 g/mol. The number of ether oxygens (including phenoxy) is 2. The van der Waals surface area contributed by atoms with E-state index in [1.165, 1.54) is 14.0 Å². The number of aliphatic hydroxyl groups excluding tert-OH is 1. The average Bonchev–Trinajstić information content (AvgIpc) is 2.66. The van der Waals surface area contributed by atoms with Crippen LogP contribution in [0.15, 0.2) is 35.6 Å². The molecule has 0 saturated carbocycles. The van der Waals surface area contributed by atoms with Crippen LogP contribution in [-0.2, 0) is 14.3 Å². The zero-order valence-electron chi connectivity index (χ0n) is 9.97. The summed E-state index contributed by atoms with van der Waals surface area (Å²) in [4.78, 5) is 22.7. The average molecular weight is 248 g/mol. The van der Waals surface area contributed by atoms with Crippen LogP contribution in [0.3, 0.4) is 0 Å². The molecule has 1 aliphatic rings. The summed E-state index contributed by atoms with van der Waals surface area (Å²) >= 11 is 0. The Labute approximate surface area is 104 Å². The lowest BCUT2D eigenvalue weighted by atomic mass is 9.99. The molecular formula is C13H12O5. The zero-order valence-corrected chi connectivity index (χ0v) is 9.97. The third kappa shape index (κ3) is 1.95. The molecule has 0 spiro atoms. The predicted molar refractivity (Wildman–Crippen MR) is 62.2 cm³/mol. The second kappa shape index (κ2) is 4.52. The van der Waals surface area contributed by atoms with Gasteiger partial charge in [-0.2, -0.15) is 0 Å². The Kier molecular flexibility index (Phi) is 3.06. The Balaban J connectivity index is 2.39. The Hall–Kier alpha value is -2.30. The van der Waals surface area contributed by atoms with Gasteiger partial charge in [0.15, 0.2) is 11.9 Å². The van der Waals surface area contributed by atoms with E-state index in [0.717, 1.165) is 0 Å². The van der Waals surface area contributed by atoms with Gasteiger partial charge in [0.25, 0.3) is 0 Å². The molecule has 0 unspecified atom stereocenters. The van der Waals surface area contributed by atoms with Crippen LogP contribution < -0.4 is 4.74 Å². The molecule has 0 saturated heterocycles. The van der Waals surface area contributed by atoms with Crippen LogP contribution in [0.2, 0.25) is 0 Å². The summed E-state index contributed by atoms with van der Waals surface area (Å²) < 4.78 is 9.99. The number of Topliss-reactive ketones (excluding diaryl/α,β-unsaturated/α-hetero) is 1. The fourth-order valence-electron chi connectivity index (χ4n) is 1.82. The molecule has 1 aromatic carbocycles. The number of aliphatic hydroxyl groups is 1. The number of esters is 1. The minimum Gasteiger partial charge on any atom is -0.501 e. The van der Waals surface area contributed by atoms with E-state index < -0.39 is 17.8 Å². The van der Waals surface area contributed by atoms with Crippen molar-refractivity contribution in [3.63, 3.8) is 0 Å². The number of methoxy groups -OCH3 is 1. The summed E-state index contributed by atoms with van der Waals surface area (Å²) in [6.07, 6.45) is -0.846. The quantitative estimate of drug-likeness (QED) is 0.824. The van der Waals surface area contributed by atoms with Crippen LogP contribution in [0, 0.1) is 0 Å². The molecule has 0 fully saturated rings. The van der Waals surface area contributed by atoms with E-state index in [0.29, 0.717) is 11.3 Å². The molecule has 1 aromatic rings. The molecule has 94 valence electrons. The Morgan fingerprint density at radius 3 is 2.44 bits per heavy atom. The van der Waals surface area contributed by atoms with Gasteiger partial charge in [-0.15, -0.1) is 0 Å². The van der Waals surface area contributed by atoms with Crippen molar-refractivity contribution >= 4 is 11.8 Å². The maximum absolute atomic E-state index is 11.4. The minimum atomic E-state index is -0.874. The van der Waals surface area contributed by atoms with Crippen molar-refractivity contribution in [1.29, 1.82) is 0 Å². The van der Waals surface area contributed by atoms with Crippen molar-refractivity contribution in [2.75, 3.05) is 7.11 Å². The number of benzene rings is 1. The molecule has 0 aliphatic carbocycles. The number of carbonyl (C=O) groups is 2. The van der Waals surface area contributed by atoms with Gasteiger partial charge >= 0.3 is 5.97 Å². The fourth-order valence-corrected chi connectivity index (χ4v) is 1.82. The van der Waals surface area contributed by atoms with Crippen LogP contribution in [-0.4, -0.2) is 24.0 Å². The largest absolute Gasteiger partial charge is 0.501 e. The van der Waals surface area contributed by atoms with Crippen LogP contribution in [0.4, 0.5) is 0 Å². The van der Waals surface area contributed by atoms with Crippen molar-refractivity contribution in [1.82, 2.24) is 0 Å². The smallest absolute Gasteiger partial charge is 0.374 e. The van der Waals surface area contributed by atoms with E-state index in [1.54, 1.807) is 24.3 Å². The summed E-state index contributed by atoms with van der Waals surface area (Å²) in [6, 6.07) is 6.74. The van der Waals surface area contributed by atoms with Gasteiger partial charge in [-0.05, 0) is 24.6 Å². The van der Waals surface area contributed by atoms with E-state index >= 15 is 0 Å². The van der Waals surface area contributed by atoms with Gasteiger partial charge in [0.05, 0.1) is 12.7 Å². The summed E-state index contributed by atoms with van der Waals surface area (Å²) in [6.45, 7) is 1.28. The Morgan fingerprint density at radius 2 is 1.94 bits per heavy atom. The molecule has 18 heavy (non-hydrogen) atoms. The molecule has 0 aromatic heterocycles. The molecule has 1 atom stereocenters. The lowest BCUT2D eigenvalue weighted by Crippen LogP contribution is -2.07. The van der Waals surface area contributed by atoms with Crippen molar-refractivity contribution in [2.24, 2.45) is 0 Å². The second-order valence-electron chi connectivity index (χ2n) is 3.88. The van der Waals surface area contributed by atoms with Gasteiger partial charge in [0.2, 0.25) is 5.76 Å². The van der Waals surface area contributed by atoms with Crippen LogP contribution in [0.5, 0.6) is 5.75 Å². The number of carbonyl (C=O) groups excluding carboxylic acids is 2. The third-order valence-electron chi connectivity index (χ3n) is 2.73. The fraction of sp³-hybridized carbons (Fsp3) is 0.231. The lowest BCUT2D eigenvalue weighted by molar-refractivity contribution is -0.142. The first-order valence-corrected chi connectivity index (χ1v) is 5.33. The normalized spacial score (nSPS) is 18.8. The molecule has 5 heteroatoms. The van der Waals surface area contributed by atoms with Crippen molar-refractivity contribution in [3.05, 3.63) is 41.2 Å². The lowest BCUT2D eigenvalue weighted by Gasteiger charge is -2.12. The molecule has 0 amide bonds. The Morgan fingerprint density at radius 1 is 1.33 bits per heavy atom. The first kappa shape index (κ1) is 12.2. The van der Waals surface area contributed by atoms with Crippen LogP contribution in [0.1, 0.15) is 18.6 Å². The molecule has 2 rings (SSSR count). The number of rotatable bonds is 3. The summed E-state index contributed by atoms with van der Waals surface area (Å²) in [5.41, 5.74) is 0.601. The van der Waals surface area contributed by atoms with Gasteiger partial charge in [-0.25, -0.2) is 4.79 Å². The third-order valence-corrected chi connectivity index (χ3v) is 2.73. The van der Waals surface area contributed by atoms with Crippen molar-refractivity contribution in [2.45, 2.75) is 13.0 Å². The zero-order chi connectivity index (χ0) is 13.3. The first-order valence-electron chi connectivity index (χ1n) is 5.33. The van der Waals surface area contributed by atoms with E-state index in [-0.39, 0.29) is 11.4 Å². The maximum Gasteiger partial charge on any atom is 0.374 e. The van der Waals surface area contributed by atoms with Gasteiger partial charge < -0.3 is 14.6 Å². The van der Waals surface area contributed by atoms with E-state index in [2.05, 4.69) is 0 Å². The number of ketones is 1. The summed E-state index contributed by atoms with van der Waals surface area (Å²) in [5, 5.41) is 9.52. The SMILES string of the molecule is COc1ccc([C@@H]2OC(=O)C(O)=C2C(C)=O)cc1. The Bertz CT molecular complexity index is 527. The highest BCUT2D eigenvalue weighted by Gasteiger charge is 2.37. The van der Waals surface area contributed by atoms with Gasteiger partial charge in [0, 0.05) is 0 Å². The first-order chi connectivity index (χ1) is 8.54. The number of hydrogen-bond acceptors (Lipinski definition) is 5. The van der Waals surface area contributed by atoms with E-state index in [4.69, 9.17) is 9.47 Å². The van der Waals surface area contributed by atoms with Gasteiger partial charge in [-0.1, -0.05) is 12.1 Å². The molecule has 1 heterocycles. The van der Waals surface area contributed by atoms with E-state index in [1.807, 2.05) is 0 Å². The monoisotopic (exact) mass is 248 g/mol. The van der Waals surface area contributed by atoms with Crippen LogP contribution >= 0.6 is 0 Å². The van der Waals surface area contributed by atoms with Gasteiger partial charge in [0.1, 0.15) is 5.75 Å². The number of cyclic esters (lactones) is 1. The molecule has 0 radical (unpaired) electrons. The highest BCUT2D eigenvalue weighted by Crippen LogP contribution is 2.35. The topological polar surface area (TPSA) is 72.8 Å². The standard InChI is InChI=1S/C13H12O5/c1-7(14)10-11(15)13(16)18-12(10)8-3-5-9(17-2)6-4-8/h3-6,12,15H,1-2H3/t12-/m0/s1. The molecule has 5 nitrogen and oxygen atoms in total. The minimum absolute atomic E-state index is 0.00910. The van der Waals surface area contributed by atoms with E-state index in [9.17, 15) is 14.7 Å². The highest BCUT2D eigenvalue weighted by molar-refractivity contribution is 6.05. The maximum atomic E-state index is 11.4. The predicted octanol–water partition coefficient (Wildman–Crippen LogP) is 1.69. The second-order valence-corrected chi connectivity index (χ2v) is 3.88.